The molecule has 0 unspecified atom stereocenters. The number of hydrogen-bond donors (Lipinski definition) is 4. The molecule has 0 saturated carbocycles. The second-order valence-electron chi connectivity index (χ2n) is 4.82. The van der Waals surface area contributed by atoms with Crippen molar-refractivity contribution in [2.75, 3.05) is 5.32 Å². The van der Waals surface area contributed by atoms with Crippen LogP contribution < -0.4 is 11.1 Å². The van der Waals surface area contributed by atoms with E-state index in [-0.39, 0.29) is 11.3 Å². The summed E-state index contributed by atoms with van der Waals surface area (Å²) in [6.45, 7) is 0. The fraction of sp³-hybridized carbons (Fsp3) is 0. The summed E-state index contributed by atoms with van der Waals surface area (Å²) in [5.74, 6) is -3.50. The molecule has 0 atom stereocenters. The number of nitrogens with one attached hydrogen (secondary N) is 1. The van der Waals surface area contributed by atoms with Crippen LogP contribution in [0.5, 0.6) is 0 Å². The van der Waals surface area contributed by atoms with Gasteiger partial charge in [-0.3, -0.25) is 14.1 Å². The highest BCUT2D eigenvalue weighted by atomic mass is 32.2. The number of aromatic carboxylic acids is 1. The van der Waals surface area contributed by atoms with E-state index >= 15 is 0 Å². The summed E-state index contributed by atoms with van der Waals surface area (Å²) in [5, 5.41) is 11.5. The third kappa shape index (κ3) is 3.82. The number of nitrogens with two attached hydrogens (primary N) is 1. The van der Waals surface area contributed by atoms with Gasteiger partial charge in [-0.2, -0.15) is 8.42 Å². The fourth-order valence-corrected chi connectivity index (χ4v) is 2.85. The molecule has 5 N–H and O–H groups in total. The Hall–Kier alpha value is -3.24. The van der Waals surface area contributed by atoms with Crippen molar-refractivity contribution in [3.8, 4) is 0 Å². The van der Waals surface area contributed by atoms with Crippen LogP contribution in [0.15, 0.2) is 47.4 Å². The number of rotatable bonds is 5. The third-order valence-corrected chi connectivity index (χ3v) is 4.11. The maximum atomic E-state index is 12.3. The van der Waals surface area contributed by atoms with Crippen molar-refractivity contribution < 1.29 is 32.5 Å². The minimum Gasteiger partial charge on any atom is -0.478 e. The number of carbonyl (C=O) groups excluding carboxylic acids is 2. The van der Waals surface area contributed by atoms with Crippen LogP contribution >= 0.6 is 0 Å². The van der Waals surface area contributed by atoms with Crippen LogP contribution in [0.4, 0.5) is 5.69 Å². The normalized spacial score (nSPS) is 10.9. The van der Waals surface area contributed by atoms with E-state index in [9.17, 15) is 32.5 Å². The average Bonchev–Trinajstić information content (AvgIpc) is 2.53. The topological polar surface area (TPSA) is 164 Å². The van der Waals surface area contributed by atoms with Crippen LogP contribution in [0.2, 0.25) is 0 Å². The SMILES string of the molecule is NC(=O)c1cccc(NC(=O)c2ccccc2S(=O)(=O)O)c1C(=O)O. The van der Waals surface area contributed by atoms with Gasteiger partial charge in [0.15, 0.2) is 0 Å². The molecule has 0 fully saturated rings. The van der Waals surface area contributed by atoms with Gasteiger partial charge in [0, 0.05) is 0 Å². The largest absolute Gasteiger partial charge is 0.478 e. The molecule has 0 saturated heterocycles. The molecule has 0 aliphatic carbocycles. The van der Waals surface area contributed by atoms with Gasteiger partial charge < -0.3 is 16.2 Å². The van der Waals surface area contributed by atoms with E-state index in [1.54, 1.807) is 0 Å². The summed E-state index contributed by atoms with van der Waals surface area (Å²) in [4.78, 5) is 34.4. The summed E-state index contributed by atoms with van der Waals surface area (Å²) >= 11 is 0. The number of amides is 2. The zero-order chi connectivity index (χ0) is 18.8. The van der Waals surface area contributed by atoms with Crippen molar-refractivity contribution >= 4 is 33.6 Å². The summed E-state index contributed by atoms with van der Waals surface area (Å²) < 4.78 is 31.9. The second-order valence-corrected chi connectivity index (χ2v) is 6.21. The first-order chi connectivity index (χ1) is 11.6. The molecule has 130 valence electrons. The number of primary amides is 1. The number of carboxylic acids is 1. The van der Waals surface area contributed by atoms with Crippen LogP contribution in [0, 0.1) is 0 Å². The molecule has 2 rings (SSSR count). The predicted molar refractivity (Wildman–Crippen MR) is 86.1 cm³/mol. The van der Waals surface area contributed by atoms with E-state index in [0.29, 0.717) is 0 Å². The Bertz CT molecular complexity index is 983. The first-order valence-electron chi connectivity index (χ1n) is 6.67. The highest BCUT2D eigenvalue weighted by Crippen LogP contribution is 2.22. The van der Waals surface area contributed by atoms with Crippen molar-refractivity contribution in [1.29, 1.82) is 0 Å². The molecular weight excluding hydrogens is 352 g/mol. The molecule has 0 bridgehead atoms. The minimum absolute atomic E-state index is 0.251. The Morgan fingerprint density at radius 2 is 1.56 bits per heavy atom. The first kappa shape index (κ1) is 18.1. The second kappa shape index (κ2) is 6.71. The van der Waals surface area contributed by atoms with Crippen LogP contribution in [-0.2, 0) is 10.1 Å². The van der Waals surface area contributed by atoms with E-state index in [4.69, 9.17) is 5.73 Å². The highest BCUT2D eigenvalue weighted by Gasteiger charge is 2.23. The van der Waals surface area contributed by atoms with Crippen molar-refractivity contribution in [3.05, 3.63) is 59.2 Å². The maximum Gasteiger partial charge on any atom is 0.338 e. The zero-order valence-corrected chi connectivity index (χ0v) is 13.3. The smallest absolute Gasteiger partial charge is 0.338 e. The van der Waals surface area contributed by atoms with Gasteiger partial charge in [-0.25, -0.2) is 4.79 Å². The molecule has 9 nitrogen and oxygen atoms in total. The van der Waals surface area contributed by atoms with Gasteiger partial charge in [-0.1, -0.05) is 18.2 Å². The van der Waals surface area contributed by atoms with E-state index in [0.717, 1.165) is 12.1 Å². The predicted octanol–water partition coefficient (Wildman–Crippen LogP) is 0.983. The molecule has 25 heavy (non-hydrogen) atoms. The molecular formula is C15H12N2O7S. The fourth-order valence-electron chi connectivity index (χ4n) is 2.16. The Morgan fingerprint density at radius 1 is 0.960 bits per heavy atom. The molecule has 0 aliphatic rings. The highest BCUT2D eigenvalue weighted by molar-refractivity contribution is 7.86. The molecule has 0 aromatic heterocycles. The number of carbonyl (C=O) groups is 3. The van der Waals surface area contributed by atoms with Crippen LogP contribution in [0.3, 0.4) is 0 Å². The quantitative estimate of drug-likeness (QED) is 0.574. The molecule has 2 amide bonds. The van der Waals surface area contributed by atoms with E-state index in [1.807, 2.05) is 0 Å². The summed E-state index contributed by atoms with van der Waals surface area (Å²) in [5.41, 5.74) is 3.61. The van der Waals surface area contributed by atoms with Gasteiger partial charge in [-0.15, -0.1) is 0 Å². The molecule has 2 aromatic carbocycles. The van der Waals surface area contributed by atoms with Crippen molar-refractivity contribution in [1.82, 2.24) is 0 Å². The van der Waals surface area contributed by atoms with Gasteiger partial charge in [0.25, 0.3) is 16.0 Å². The van der Waals surface area contributed by atoms with Gasteiger partial charge in [-0.05, 0) is 24.3 Å². The van der Waals surface area contributed by atoms with Crippen molar-refractivity contribution in [3.63, 3.8) is 0 Å². The van der Waals surface area contributed by atoms with Gasteiger partial charge >= 0.3 is 5.97 Å². The standard InChI is InChI=1S/C15H12N2O7S/c16-13(18)9-5-3-6-10(12(9)15(20)21)17-14(19)8-4-1-2-7-11(8)25(22,23)24/h1-7H,(H2,16,18)(H,17,19)(H,20,21)(H,22,23,24). The molecule has 2 aromatic rings. The van der Waals surface area contributed by atoms with E-state index in [1.165, 1.54) is 30.3 Å². The van der Waals surface area contributed by atoms with Crippen LogP contribution in [0.25, 0.3) is 0 Å². The Morgan fingerprint density at radius 3 is 2.12 bits per heavy atom. The van der Waals surface area contributed by atoms with E-state index < -0.39 is 43.9 Å². The zero-order valence-electron chi connectivity index (χ0n) is 12.5. The molecule has 0 radical (unpaired) electrons. The molecule has 0 spiro atoms. The number of hydrogen-bond acceptors (Lipinski definition) is 5. The van der Waals surface area contributed by atoms with Gasteiger partial charge in [0.2, 0.25) is 5.91 Å². The Balaban J connectivity index is 2.52. The summed E-state index contributed by atoms with van der Waals surface area (Å²) in [6.07, 6.45) is 0. The minimum atomic E-state index is -4.67. The maximum absolute atomic E-state index is 12.3. The number of carboxylic acid groups (broad SMARTS) is 1. The molecule has 0 aliphatic heterocycles. The van der Waals surface area contributed by atoms with Crippen molar-refractivity contribution in [2.24, 2.45) is 5.73 Å². The lowest BCUT2D eigenvalue weighted by Crippen LogP contribution is -2.21. The van der Waals surface area contributed by atoms with Gasteiger partial charge in [0.05, 0.1) is 22.4 Å². The Labute approximate surface area is 141 Å². The summed E-state index contributed by atoms with van der Waals surface area (Å²) in [7, 11) is -4.67. The first-order valence-corrected chi connectivity index (χ1v) is 8.11. The lowest BCUT2D eigenvalue weighted by atomic mass is 10.0. The molecule has 0 heterocycles. The Kier molecular flexibility index (Phi) is 4.86. The van der Waals surface area contributed by atoms with E-state index in [2.05, 4.69) is 5.32 Å². The van der Waals surface area contributed by atoms with Gasteiger partial charge in [0.1, 0.15) is 4.90 Å². The number of benzene rings is 2. The lowest BCUT2D eigenvalue weighted by Gasteiger charge is -2.12. The average molecular weight is 364 g/mol. The summed E-state index contributed by atoms with van der Waals surface area (Å²) in [6, 6.07) is 8.51. The van der Waals surface area contributed by atoms with Crippen molar-refractivity contribution in [2.45, 2.75) is 4.90 Å². The molecule has 10 heteroatoms. The third-order valence-electron chi connectivity index (χ3n) is 3.20. The number of anilines is 1. The van der Waals surface area contributed by atoms with Crippen LogP contribution in [-0.4, -0.2) is 35.9 Å². The lowest BCUT2D eigenvalue weighted by molar-refractivity contribution is 0.0693. The monoisotopic (exact) mass is 364 g/mol. The van der Waals surface area contributed by atoms with Crippen LogP contribution in [0.1, 0.15) is 31.1 Å².